The molecular formula is C15H23N3. The van der Waals surface area contributed by atoms with E-state index in [0.29, 0.717) is 6.04 Å². The van der Waals surface area contributed by atoms with Crippen molar-refractivity contribution in [2.45, 2.75) is 39.4 Å². The van der Waals surface area contributed by atoms with E-state index in [4.69, 9.17) is 4.98 Å². The molecule has 3 heteroatoms. The lowest BCUT2D eigenvalue weighted by Crippen LogP contribution is -2.27. The Morgan fingerprint density at radius 1 is 1.28 bits per heavy atom. The minimum absolute atomic E-state index is 0.502. The van der Waals surface area contributed by atoms with Crippen LogP contribution in [0.3, 0.4) is 0 Å². The van der Waals surface area contributed by atoms with Gasteiger partial charge < -0.3 is 5.32 Å². The van der Waals surface area contributed by atoms with Crippen molar-refractivity contribution in [1.82, 2.24) is 15.2 Å². The first-order chi connectivity index (χ1) is 8.74. The van der Waals surface area contributed by atoms with Gasteiger partial charge in [0.1, 0.15) is 0 Å². The predicted molar refractivity (Wildman–Crippen MR) is 75.2 cm³/mol. The summed E-state index contributed by atoms with van der Waals surface area (Å²) in [5.74, 6) is 0. The van der Waals surface area contributed by atoms with E-state index in [2.05, 4.69) is 54.4 Å². The van der Waals surface area contributed by atoms with Gasteiger partial charge in [-0.25, -0.2) is 0 Å². The number of hydrogen-bond donors (Lipinski definition) is 1. The van der Waals surface area contributed by atoms with Crippen molar-refractivity contribution in [3.05, 3.63) is 41.7 Å². The molecule has 0 aromatic carbocycles. The SMILES string of the molecule is CC(C)NCc1cccc(CN2CC=CCC2)n1. The summed E-state index contributed by atoms with van der Waals surface area (Å²) in [5.41, 5.74) is 2.31. The van der Waals surface area contributed by atoms with Gasteiger partial charge in [0.2, 0.25) is 0 Å². The summed E-state index contributed by atoms with van der Waals surface area (Å²) in [5, 5.41) is 3.41. The molecule has 2 rings (SSSR count). The zero-order valence-corrected chi connectivity index (χ0v) is 11.4. The zero-order chi connectivity index (χ0) is 12.8. The number of pyridine rings is 1. The topological polar surface area (TPSA) is 28.2 Å². The Labute approximate surface area is 110 Å². The van der Waals surface area contributed by atoms with Crippen LogP contribution < -0.4 is 5.32 Å². The van der Waals surface area contributed by atoms with Crippen molar-refractivity contribution in [3.63, 3.8) is 0 Å². The normalized spacial score (nSPS) is 16.4. The largest absolute Gasteiger partial charge is 0.309 e. The molecule has 1 N–H and O–H groups in total. The Hall–Kier alpha value is -1.19. The van der Waals surface area contributed by atoms with Gasteiger partial charge in [-0.1, -0.05) is 32.1 Å². The second-order valence-corrected chi connectivity index (χ2v) is 5.15. The van der Waals surface area contributed by atoms with Gasteiger partial charge in [-0.05, 0) is 18.6 Å². The molecular weight excluding hydrogens is 222 g/mol. The highest BCUT2D eigenvalue weighted by atomic mass is 15.1. The Balaban J connectivity index is 1.92. The van der Waals surface area contributed by atoms with E-state index in [0.717, 1.165) is 38.3 Å². The first-order valence-corrected chi connectivity index (χ1v) is 6.79. The molecule has 1 aliphatic heterocycles. The van der Waals surface area contributed by atoms with E-state index in [9.17, 15) is 0 Å². The molecule has 0 saturated heterocycles. The third-order valence-electron chi connectivity index (χ3n) is 3.08. The minimum Gasteiger partial charge on any atom is -0.309 e. The standard InChI is InChI=1S/C15H23N3/c1-13(2)16-11-14-7-6-8-15(17-14)12-18-9-4-3-5-10-18/h3-4,6-8,13,16H,5,9-12H2,1-2H3. The van der Waals surface area contributed by atoms with Crippen LogP contribution >= 0.6 is 0 Å². The number of aromatic nitrogens is 1. The summed E-state index contributed by atoms with van der Waals surface area (Å²) >= 11 is 0. The Morgan fingerprint density at radius 2 is 2.11 bits per heavy atom. The molecule has 1 aromatic rings. The summed E-state index contributed by atoms with van der Waals surface area (Å²) < 4.78 is 0. The molecule has 0 spiro atoms. The Morgan fingerprint density at radius 3 is 2.83 bits per heavy atom. The van der Waals surface area contributed by atoms with Gasteiger partial charge in [-0.3, -0.25) is 9.88 Å². The van der Waals surface area contributed by atoms with Crippen LogP contribution in [0.15, 0.2) is 30.4 Å². The molecule has 0 fully saturated rings. The van der Waals surface area contributed by atoms with Crippen LogP contribution in [0.5, 0.6) is 0 Å². The molecule has 0 aliphatic carbocycles. The minimum atomic E-state index is 0.502. The smallest absolute Gasteiger partial charge is 0.0547 e. The summed E-state index contributed by atoms with van der Waals surface area (Å²) in [4.78, 5) is 7.14. The highest BCUT2D eigenvalue weighted by molar-refractivity contribution is 5.11. The van der Waals surface area contributed by atoms with Gasteiger partial charge in [-0.15, -0.1) is 0 Å². The fraction of sp³-hybridized carbons (Fsp3) is 0.533. The van der Waals surface area contributed by atoms with Gasteiger partial charge in [0.05, 0.1) is 11.4 Å². The quantitative estimate of drug-likeness (QED) is 0.807. The lowest BCUT2D eigenvalue weighted by atomic mass is 10.2. The maximum absolute atomic E-state index is 4.71. The zero-order valence-electron chi connectivity index (χ0n) is 11.4. The van der Waals surface area contributed by atoms with E-state index in [-0.39, 0.29) is 0 Å². The second kappa shape index (κ2) is 6.66. The molecule has 1 aliphatic rings. The van der Waals surface area contributed by atoms with Gasteiger partial charge in [0.15, 0.2) is 0 Å². The average Bonchev–Trinajstić information content (AvgIpc) is 2.38. The van der Waals surface area contributed by atoms with Crippen molar-refractivity contribution >= 4 is 0 Å². The summed E-state index contributed by atoms with van der Waals surface area (Å²) in [6.45, 7) is 8.32. The van der Waals surface area contributed by atoms with E-state index in [1.54, 1.807) is 0 Å². The van der Waals surface area contributed by atoms with Crippen molar-refractivity contribution < 1.29 is 0 Å². The molecule has 0 unspecified atom stereocenters. The molecule has 0 bridgehead atoms. The van der Waals surface area contributed by atoms with E-state index >= 15 is 0 Å². The van der Waals surface area contributed by atoms with Crippen LogP contribution in [0, 0.1) is 0 Å². The summed E-state index contributed by atoms with van der Waals surface area (Å²) in [7, 11) is 0. The van der Waals surface area contributed by atoms with Crippen LogP contribution in [0.4, 0.5) is 0 Å². The predicted octanol–water partition coefficient (Wildman–Crippen LogP) is 2.34. The molecule has 3 nitrogen and oxygen atoms in total. The third-order valence-corrected chi connectivity index (χ3v) is 3.08. The lowest BCUT2D eigenvalue weighted by molar-refractivity contribution is 0.287. The van der Waals surface area contributed by atoms with Crippen LogP contribution in [0.2, 0.25) is 0 Å². The van der Waals surface area contributed by atoms with Gasteiger partial charge >= 0.3 is 0 Å². The number of nitrogens with one attached hydrogen (secondary N) is 1. The maximum atomic E-state index is 4.71. The third kappa shape index (κ3) is 4.24. The van der Waals surface area contributed by atoms with Crippen molar-refractivity contribution in [3.8, 4) is 0 Å². The van der Waals surface area contributed by atoms with Crippen LogP contribution in [-0.4, -0.2) is 29.0 Å². The van der Waals surface area contributed by atoms with Gasteiger partial charge in [0, 0.05) is 32.2 Å². The molecule has 0 saturated carbocycles. The summed E-state index contributed by atoms with van der Waals surface area (Å²) in [6, 6.07) is 6.83. The first-order valence-electron chi connectivity index (χ1n) is 6.79. The fourth-order valence-electron chi connectivity index (χ4n) is 2.09. The molecule has 98 valence electrons. The number of rotatable bonds is 5. The lowest BCUT2D eigenvalue weighted by Gasteiger charge is -2.22. The van der Waals surface area contributed by atoms with Crippen LogP contribution in [0.25, 0.3) is 0 Å². The maximum Gasteiger partial charge on any atom is 0.0547 e. The van der Waals surface area contributed by atoms with Crippen LogP contribution in [-0.2, 0) is 13.1 Å². The molecule has 0 atom stereocenters. The molecule has 1 aromatic heterocycles. The monoisotopic (exact) mass is 245 g/mol. The number of nitrogens with zero attached hydrogens (tertiary/aromatic N) is 2. The van der Waals surface area contributed by atoms with E-state index in [1.165, 1.54) is 5.69 Å². The molecule has 0 radical (unpaired) electrons. The van der Waals surface area contributed by atoms with E-state index in [1.807, 2.05) is 0 Å². The van der Waals surface area contributed by atoms with Crippen molar-refractivity contribution in [1.29, 1.82) is 0 Å². The molecule has 0 amide bonds. The van der Waals surface area contributed by atoms with Crippen molar-refractivity contribution in [2.75, 3.05) is 13.1 Å². The van der Waals surface area contributed by atoms with Crippen molar-refractivity contribution in [2.24, 2.45) is 0 Å². The molecule has 2 heterocycles. The van der Waals surface area contributed by atoms with Gasteiger partial charge in [0.25, 0.3) is 0 Å². The number of hydrogen-bond acceptors (Lipinski definition) is 3. The van der Waals surface area contributed by atoms with Gasteiger partial charge in [-0.2, -0.15) is 0 Å². The van der Waals surface area contributed by atoms with Crippen LogP contribution in [0.1, 0.15) is 31.7 Å². The second-order valence-electron chi connectivity index (χ2n) is 5.15. The average molecular weight is 245 g/mol. The van der Waals surface area contributed by atoms with E-state index < -0.39 is 0 Å². The Bertz CT molecular complexity index is 398. The first kappa shape index (κ1) is 13.2. The highest BCUT2D eigenvalue weighted by Gasteiger charge is 2.08. The fourth-order valence-corrected chi connectivity index (χ4v) is 2.09. The summed E-state index contributed by atoms with van der Waals surface area (Å²) in [6.07, 6.45) is 5.66. The Kier molecular flexibility index (Phi) is 4.90. The highest BCUT2D eigenvalue weighted by Crippen LogP contribution is 2.08. The molecule has 18 heavy (non-hydrogen) atoms.